The minimum absolute atomic E-state index is 0.0635. The molecule has 1 saturated heterocycles. The standard InChI is InChI=1S/C18H25N3O2/c22-17(14-6-4-7-14)21-15-8-3-5-13(11-15)12-20-18(23)16-9-1-2-10-19-16/h3,5,8,11,14,16,19H,1-2,4,6-7,9-10,12H2,(H,20,23)(H,21,22). The Bertz CT molecular complexity index is 563. The van der Waals surface area contributed by atoms with Crippen LogP contribution in [0.15, 0.2) is 24.3 Å². The summed E-state index contributed by atoms with van der Waals surface area (Å²) in [5.74, 6) is 0.355. The lowest BCUT2D eigenvalue weighted by atomic mass is 9.85. The molecule has 124 valence electrons. The SMILES string of the molecule is O=C(Nc1cccc(CNC(=O)C2CCCCN2)c1)C1CCC1. The average molecular weight is 315 g/mol. The van der Waals surface area contributed by atoms with Gasteiger partial charge in [0.15, 0.2) is 0 Å². The lowest BCUT2D eigenvalue weighted by Gasteiger charge is -2.24. The predicted octanol–water partition coefficient (Wildman–Crippen LogP) is 2.18. The molecule has 0 radical (unpaired) electrons. The van der Waals surface area contributed by atoms with Crippen molar-refractivity contribution in [3.63, 3.8) is 0 Å². The van der Waals surface area contributed by atoms with Crippen LogP contribution < -0.4 is 16.0 Å². The largest absolute Gasteiger partial charge is 0.351 e. The molecule has 1 aromatic carbocycles. The molecule has 2 amide bonds. The molecule has 1 saturated carbocycles. The molecule has 0 spiro atoms. The van der Waals surface area contributed by atoms with E-state index in [1.165, 1.54) is 0 Å². The minimum atomic E-state index is -0.0646. The number of rotatable bonds is 5. The Labute approximate surface area is 137 Å². The first-order chi connectivity index (χ1) is 11.2. The Morgan fingerprint density at radius 1 is 1.09 bits per heavy atom. The van der Waals surface area contributed by atoms with Crippen molar-refractivity contribution in [2.45, 2.75) is 51.1 Å². The number of piperidine rings is 1. The van der Waals surface area contributed by atoms with E-state index < -0.39 is 0 Å². The first-order valence-corrected chi connectivity index (χ1v) is 8.63. The van der Waals surface area contributed by atoms with Gasteiger partial charge in [-0.1, -0.05) is 25.0 Å². The van der Waals surface area contributed by atoms with E-state index in [1.54, 1.807) is 0 Å². The van der Waals surface area contributed by atoms with Gasteiger partial charge in [-0.3, -0.25) is 9.59 Å². The summed E-state index contributed by atoms with van der Waals surface area (Å²) in [6.45, 7) is 1.41. The molecule has 5 heteroatoms. The molecule has 0 bridgehead atoms. The average Bonchev–Trinajstić information content (AvgIpc) is 2.52. The van der Waals surface area contributed by atoms with Crippen LogP contribution in [0.1, 0.15) is 44.1 Å². The first kappa shape index (κ1) is 16.0. The van der Waals surface area contributed by atoms with Crippen LogP contribution in [0.2, 0.25) is 0 Å². The van der Waals surface area contributed by atoms with Crippen molar-refractivity contribution in [2.24, 2.45) is 5.92 Å². The van der Waals surface area contributed by atoms with Crippen LogP contribution in [0.25, 0.3) is 0 Å². The fourth-order valence-corrected chi connectivity index (χ4v) is 3.06. The van der Waals surface area contributed by atoms with Crippen molar-refractivity contribution >= 4 is 17.5 Å². The second-order valence-corrected chi connectivity index (χ2v) is 6.54. The summed E-state index contributed by atoms with van der Waals surface area (Å²) in [6.07, 6.45) is 6.30. The Morgan fingerprint density at radius 3 is 2.65 bits per heavy atom. The molecular weight excluding hydrogens is 290 g/mol. The van der Waals surface area contributed by atoms with Gasteiger partial charge in [-0.05, 0) is 49.9 Å². The molecule has 23 heavy (non-hydrogen) atoms. The Balaban J connectivity index is 1.50. The van der Waals surface area contributed by atoms with Crippen molar-refractivity contribution in [3.05, 3.63) is 29.8 Å². The maximum absolute atomic E-state index is 12.1. The topological polar surface area (TPSA) is 70.2 Å². The maximum atomic E-state index is 12.1. The zero-order valence-electron chi connectivity index (χ0n) is 13.4. The van der Waals surface area contributed by atoms with E-state index in [4.69, 9.17) is 0 Å². The molecule has 2 aliphatic rings. The number of benzene rings is 1. The number of hydrogen-bond donors (Lipinski definition) is 3. The third kappa shape index (κ3) is 4.32. The van der Waals surface area contributed by atoms with E-state index in [0.717, 1.165) is 56.3 Å². The quantitative estimate of drug-likeness (QED) is 0.780. The molecular formula is C18H25N3O2. The smallest absolute Gasteiger partial charge is 0.237 e. The molecule has 1 heterocycles. The predicted molar refractivity (Wildman–Crippen MR) is 89.9 cm³/mol. The minimum Gasteiger partial charge on any atom is -0.351 e. The highest BCUT2D eigenvalue weighted by Gasteiger charge is 2.25. The lowest BCUT2D eigenvalue weighted by Crippen LogP contribution is -2.46. The van der Waals surface area contributed by atoms with Crippen molar-refractivity contribution in [1.29, 1.82) is 0 Å². The van der Waals surface area contributed by atoms with Crippen LogP contribution in [0.5, 0.6) is 0 Å². The zero-order valence-corrected chi connectivity index (χ0v) is 13.4. The molecule has 1 unspecified atom stereocenters. The van der Waals surface area contributed by atoms with Gasteiger partial charge in [0.1, 0.15) is 0 Å². The van der Waals surface area contributed by atoms with E-state index in [9.17, 15) is 9.59 Å². The molecule has 5 nitrogen and oxygen atoms in total. The van der Waals surface area contributed by atoms with E-state index in [2.05, 4.69) is 16.0 Å². The van der Waals surface area contributed by atoms with Gasteiger partial charge in [-0.15, -0.1) is 0 Å². The van der Waals surface area contributed by atoms with Crippen LogP contribution in [-0.2, 0) is 16.1 Å². The summed E-state index contributed by atoms with van der Waals surface area (Å²) in [7, 11) is 0. The first-order valence-electron chi connectivity index (χ1n) is 8.63. The van der Waals surface area contributed by atoms with Crippen LogP contribution >= 0.6 is 0 Å². The van der Waals surface area contributed by atoms with Crippen LogP contribution in [0, 0.1) is 5.92 Å². The van der Waals surface area contributed by atoms with Crippen LogP contribution in [0.4, 0.5) is 5.69 Å². The molecule has 2 fully saturated rings. The molecule has 3 N–H and O–H groups in total. The van der Waals surface area contributed by atoms with Crippen molar-refractivity contribution in [1.82, 2.24) is 10.6 Å². The van der Waals surface area contributed by atoms with Gasteiger partial charge in [0.25, 0.3) is 0 Å². The Morgan fingerprint density at radius 2 is 1.96 bits per heavy atom. The normalized spacial score (nSPS) is 21.3. The fourth-order valence-electron chi connectivity index (χ4n) is 3.06. The third-order valence-corrected chi connectivity index (χ3v) is 4.76. The van der Waals surface area contributed by atoms with E-state index >= 15 is 0 Å². The third-order valence-electron chi connectivity index (χ3n) is 4.76. The summed E-state index contributed by atoms with van der Waals surface area (Å²) in [4.78, 5) is 24.1. The van der Waals surface area contributed by atoms with Gasteiger partial charge in [-0.2, -0.15) is 0 Å². The number of amides is 2. The van der Waals surface area contributed by atoms with Gasteiger partial charge in [-0.25, -0.2) is 0 Å². The number of nitrogens with one attached hydrogen (secondary N) is 3. The van der Waals surface area contributed by atoms with Crippen LogP contribution in [-0.4, -0.2) is 24.4 Å². The summed E-state index contributed by atoms with van der Waals surface area (Å²) in [6, 6.07) is 7.64. The van der Waals surface area contributed by atoms with Gasteiger partial charge in [0, 0.05) is 18.2 Å². The van der Waals surface area contributed by atoms with Gasteiger partial charge < -0.3 is 16.0 Å². The molecule has 1 aromatic rings. The molecule has 1 aliphatic carbocycles. The number of hydrogen-bond acceptors (Lipinski definition) is 3. The Kier molecular flexibility index (Phi) is 5.28. The monoisotopic (exact) mass is 315 g/mol. The van der Waals surface area contributed by atoms with Gasteiger partial charge in [0.05, 0.1) is 6.04 Å². The summed E-state index contributed by atoms with van der Waals surface area (Å²) in [5.41, 5.74) is 1.81. The molecule has 1 aliphatic heterocycles. The van der Waals surface area contributed by atoms with E-state index in [1.807, 2.05) is 24.3 Å². The number of carbonyl (C=O) groups excluding carboxylic acids is 2. The second kappa shape index (κ2) is 7.59. The highest BCUT2D eigenvalue weighted by Crippen LogP contribution is 2.27. The highest BCUT2D eigenvalue weighted by atomic mass is 16.2. The summed E-state index contributed by atoms with van der Waals surface area (Å²) in [5, 5.41) is 9.20. The van der Waals surface area contributed by atoms with Crippen LogP contribution in [0.3, 0.4) is 0 Å². The van der Waals surface area contributed by atoms with Crippen molar-refractivity contribution in [2.75, 3.05) is 11.9 Å². The number of carbonyl (C=O) groups is 2. The number of anilines is 1. The Hall–Kier alpha value is -1.88. The second-order valence-electron chi connectivity index (χ2n) is 6.54. The van der Waals surface area contributed by atoms with Crippen molar-refractivity contribution < 1.29 is 9.59 Å². The molecule has 1 atom stereocenters. The van der Waals surface area contributed by atoms with E-state index in [0.29, 0.717) is 6.54 Å². The summed E-state index contributed by atoms with van der Waals surface area (Å²) >= 11 is 0. The van der Waals surface area contributed by atoms with Crippen molar-refractivity contribution in [3.8, 4) is 0 Å². The maximum Gasteiger partial charge on any atom is 0.237 e. The lowest BCUT2D eigenvalue weighted by molar-refractivity contribution is -0.124. The molecule has 3 rings (SSSR count). The zero-order chi connectivity index (χ0) is 16.1. The summed E-state index contributed by atoms with van der Waals surface area (Å²) < 4.78 is 0. The van der Waals surface area contributed by atoms with E-state index in [-0.39, 0.29) is 23.8 Å². The fraction of sp³-hybridized carbons (Fsp3) is 0.556. The highest BCUT2D eigenvalue weighted by molar-refractivity contribution is 5.93. The van der Waals surface area contributed by atoms with Gasteiger partial charge in [0.2, 0.25) is 11.8 Å². The molecule has 0 aromatic heterocycles. The van der Waals surface area contributed by atoms with Gasteiger partial charge >= 0.3 is 0 Å².